The molecule has 1 aromatic carbocycles. The van der Waals surface area contributed by atoms with Crippen LogP contribution in [0.15, 0.2) is 53.5 Å². The maximum atomic E-state index is 13.1. The van der Waals surface area contributed by atoms with Gasteiger partial charge in [-0.05, 0) is 42.8 Å². The predicted molar refractivity (Wildman–Crippen MR) is 109 cm³/mol. The third kappa shape index (κ3) is 3.64. The summed E-state index contributed by atoms with van der Waals surface area (Å²) in [5, 5.41) is 12.7. The number of rotatable bonds is 4. The number of carbonyl (C=O) groups excluding carboxylic acids is 1. The van der Waals surface area contributed by atoms with Gasteiger partial charge in [0.25, 0.3) is 11.5 Å². The lowest BCUT2D eigenvalue weighted by molar-refractivity contribution is 0.102. The molecule has 0 aliphatic carbocycles. The Hall–Kier alpha value is -3.10. The normalized spacial score (nSPS) is 10.9. The predicted octanol–water partition coefficient (Wildman–Crippen LogP) is 3.51. The second kappa shape index (κ2) is 7.49. The van der Waals surface area contributed by atoms with E-state index < -0.39 is 11.5 Å². The highest BCUT2D eigenvalue weighted by Gasteiger charge is 2.18. The largest absolute Gasteiger partial charge is 0.296 e. The van der Waals surface area contributed by atoms with E-state index in [1.807, 2.05) is 18.2 Å². The van der Waals surface area contributed by atoms with Gasteiger partial charge in [0.15, 0.2) is 0 Å². The Morgan fingerprint density at radius 2 is 2.00 bits per heavy atom. The van der Waals surface area contributed by atoms with Crippen molar-refractivity contribution in [2.45, 2.75) is 13.5 Å². The molecule has 28 heavy (non-hydrogen) atoms. The Kier molecular flexibility index (Phi) is 4.89. The third-order valence-electron chi connectivity index (χ3n) is 4.09. The number of anilines is 1. The Balaban J connectivity index is 1.79. The molecule has 0 fully saturated rings. The van der Waals surface area contributed by atoms with E-state index in [1.165, 1.54) is 15.9 Å². The highest BCUT2D eigenvalue weighted by molar-refractivity contribution is 7.15. The molecule has 0 saturated carbocycles. The van der Waals surface area contributed by atoms with Crippen molar-refractivity contribution in [3.8, 4) is 0 Å². The molecule has 0 atom stereocenters. The van der Waals surface area contributed by atoms with Crippen molar-refractivity contribution in [2.75, 3.05) is 5.32 Å². The van der Waals surface area contributed by atoms with Crippen LogP contribution in [0.3, 0.4) is 0 Å². The topological polar surface area (TPSA) is 89.8 Å². The summed E-state index contributed by atoms with van der Waals surface area (Å²) in [6.45, 7) is 2.05. The Morgan fingerprint density at radius 1 is 1.21 bits per heavy atom. The number of carbonyl (C=O) groups is 1. The van der Waals surface area contributed by atoms with Crippen LogP contribution in [0.2, 0.25) is 5.02 Å². The molecule has 4 rings (SSSR count). The lowest BCUT2D eigenvalue weighted by Crippen LogP contribution is -2.30. The monoisotopic (exact) mass is 411 g/mol. The van der Waals surface area contributed by atoms with Crippen molar-refractivity contribution in [2.24, 2.45) is 0 Å². The van der Waals surface area contributed by atoms with E-state index in [2.05, 4.69) is 20.5 Å². The lowest BCUT2D eigenvalue weighted by atomic mass is 10.1. The van der Waals surface area contributed by atoms with Crippen molar-refractivity contribution in [3.05, 3.63) is 80.2 Å². The number of pyridine rings is 2. The van der Waals surface area contributed by atoms with Crippen LogP contribution in [-0.4, -0.2) is 25.7 Å². The summed E-state index contributed by atoms with van der Waals surface area (Å²) in [6.07, 6.45) is 1.61. The minimum atomic E-state index is -0.531. The molecule has 9 heteroatoms. The Labute approximate surface area is 168 Å². The van der Waals surface area contributed by atoms with E-state index in [9.17, 15) is 9.59 Å². The molecular weight excluding hydrogens is 398 g/mol. The summed E-state index contributed by atoms with van der Waals surface area (Å²) in [7, 11) is 0. The van der Waals surface area contributed by atoms with Crippen LogP contribution in [-0.2, 0) is 6.54 Å². The molecule has 7 nitrogen and oxygen atoms in total. The molecule has 0 unspecified atom stereocenters. The van der Waals surface area contributed by atoms with Crippen molar-refractivity contribution in [3.63, 3.8) is 0 Å². The zero-order valence-electron chi connectivity index (χ0n) is 14.7. The van der Waals surface area contributed by atoms with Gasteiger partial charge in [0.1, 0.15) is 16.2 Å². The number of nitrogens with zero attached hydrogens (tertiary/aromatic N) is 4. The average molecular weight is 412 g/mol. The molecule has 1 N–H and O–H groups in total. The fraction of sp³-hybridized carbons (Fsp3) is 0.105. The van der Waals surface area contributed by atoms with E-state index in [0.29, 0.717) is 21.2 Å². The number of nitrogens with one attached hydrogen (secondary N) is 1. The lowest BCUT2D eigenvalue weighted by Gasteiger charge is -2.12. The summed E-state index contributed by atoms with van der Waals surface area (Å²) < 4.78 is 1.48. The molecular formula is C19H14ClN5O2S. The summed E-state index contributed by atoms with van der Waals surface area (Å²) in [4.78, 5) is 30.1. The fourth-order valence-corrected chi connectivity index (χ4v) is 3.51. The van der Waals surface area contributed by atoms with Crippen LogP contribution in [0.25, 0.3) is 11.0 Å². The summed E-state index contributed by atoms with van der Waals surface area (Å²) in [5.41, 5.74) is 0.962. The van der Waals surface area contributed by atoms with E-state index in [4.69, 9.17) is 11.6 Å². The van der Waals surface area contributed by atoms with Gasteiger partial charge in [0.2, 0.25) is 5.13 Å². The van der Waals surface area contributed by atoms with E-state index in [0.717, 1.165) is 10.6 Å². The summed E-state index contributed by atoms with van der Waals surface area (Å²) in [5.74, 6) is -0.531. The average Bonchev–Trinajstić information content (AvgIpc) is 3.10. The van der Waals surface area contributed by atoms with Gasteiger partial charge in [0, 0.05) is 16.6 Å². The highest BCUT2D eigenvalue weighted by atomic mass is 35.5. The van der Waals surface area contributed by atoms with Gasteiger partial charge < -0.3 is 0 Å². The number of fused-ring (bicyclic) bond motifs is 1. The molecule has 0 aliphatic rings. The van der Waals surface area contributed by atoms with Gasteiger partial charge in [-0.1, -0.05) is 35.1 Å². The molecule has 4 aromatic rings. The van der Waals surface area contributed by atoms with Crippen molar-refractivity contribution < 1.29 is 4.79 Å². The smallest absolute Gasteiger partial charge is 0.265 e. The zero-order valence-corrected chi connectivity index (χ0v) is 16.3. The van der Waals surface area contributed by atoms with Gasteiger partial charge >= 0.3 is 0 Å². The van der Waals surface area contributed by atoms with Gasteiger partial charge in [0.05, 0.1) is 6.54 Å². The van der Waals surface area contributed by atoms with Crippen LogP contribution >= 0.6 is 22.9 Å². The van der Waals surface area contributed by atoms with Gasteiger partial charge in [-0.2, -0.15) is 0 Å². The zero-order chi connectivity index (χ0) is 19.7. The second-order valence-electron chi connectivity index (χ2n) is 6.07. The first kappa shape index (κ1) is 18.3. The first-order valence-electron chi connectivity index (χ1n) is 8.36. The van der Waals surface area contributed by atoms with Crippen LogP contribution in [0.5, 0.6) is 0 Å². The van der Waals surface area contributed by atoms with Gasteiger partial charge in [-0.25, -0.2) is 4.98 Å². The molecule has 140 valence electrons. The van der Waals surface area contributed by atoms with Crippen LogP contribution in [0.1, 0.15) is 20.9 Å². The number of hydrogen-bond acceptors (Lipinski definition) is 6. The Bertz CT molecular complexity index is 1230. The maximum absolute atomic E-state index is 13.1. The minimum Gasteiger partial charge on any atom is -0.296 e. The number of hydrogen-bond donors (Lipinski definition) is 1. The standard InChI is InChI=1S/C19H14ClN5O2S/c1-11-23-24-19(28-11)22-17(26)15-9-13-3-2-8-21-16(13)25(18(15)27)10-12-4-6-14(20)7-5-12/h2-9H,10H2,1H3,(H,22,24,26). The van der Waals surface area contributed by atoms with E-state index in [-0.39, 0.29) is 12.1 Å². The molecule has 0 bridgehead atoms. The summed E-state index contributed by atoms with van der Waals surface area (Å²) >= 11 is 7.18. The van der Waals surface area contributed by atoms with Gasteiger partial charge in [-0.3, -0.25) is 19.5 Å². The number of aromatic nitrogens is 4. The number of amides is 1. The van der Waals surface area contributed by atoms with Crippen LogP contribution in [0, 0.1) is 6.92 Å². The molecule has 0 saturated heterocycles. The van der Waals surface area contributed by atoms with Crippen LogP contribution in [0.4, 0.5) is 5.13 Å². The summed E-state index contributed by atoms with van der Waals surface area (Å²) in [6, 6.07) is 12.3. The highest BCUT2D eigenvalue weighted by Crippen LogP contribution is 2.17. The minimum absolute atomic E-state index is 0.0160. The van der Waals surface area contributed by atoms with Crippen molar-refractivity contribution >= 4 is 45.0 Å². The molecule has 3 heterocycles. The molecule has 1 amide bonds. The van der Waals surface area contributed by atoms with Crippen molar-refractivity contribution in [1.82, 2.24) is 19.7 Å². The first-order valence-corrected chi connectivity index (χ1v) is 9.55. The Morgan fingerprint density at radius 3 is 2.71 bits per heavy atom. The third-order valence-corrected chi connectivity index (χ3v) is 5.10. The van der Waals surface area contributed by atoms with Gasteiger partial charge in [-0.15, -0.1) is 10.2 Å². The molecule has 0 radical (unpaired) electrons. The number of benzene rings is 1. The molecule has 0 spiro atoms. The maximum Gasteiger partial charge on any atom is 0.265 e. The van der Waals surface area contributed by atoms with Crippen molar-refractivity contribution in [1.29, 1.82) is 0 Å². The van der Waals surface area contributed by atoms with Crippen LogP contribution < -0.4 is 10.9 Å². The fourth-order valence-electron chi connectivity index (χ4n) is 2.80. The molecule has 3 aromatic heterocycles. The van der Waals surface area contributed by atoms with E-state index in [1.54, 1.807) is 37.4 Å². The first-order chi connectivity index (χ1) is 13.5. The molecule has 0 aliphatic heterocycles. The number of halogens is 1. The SMILES string of the molecule is Cc1nnc(NC(=O)c2cc3cccnc3n(Cc3ccc(Cl)cc3)c2=O)s1. The second-order valence-corrected chi connectivity index (χ2v) is 7.69. The number of aryl methyl sites for hydroxylation is 1. The van der Waals surface area contributed by atoms with E-state index >= 15 is 0 Å². The quantitative estimate of drug-likeness (QED) is 0.555.